The molecule has 0 spiro atoms. The van der Waals surface area contributed by atoms with E-state index in [9.17, 15) is 0 Å². The van der Waals surface area contributed by atoms with Crippen LogP contribution in [0.15, 0.2) is 96.1 Å². The second-order valence-corrected chi connectivity index (χ2v) is 15.3. The molecule has 0 bridgehead atoms. The Morgan fingerprint density at radius 2 is 1.51 bits per heavy atom. The van der Waals surface area contributed by atoms with Crippen molar-refractivity contribution in [1.29, 1.82) is 0 Å². The van der Waals surface area contributed by atoms with Crippen LogP contribution >= 0.6 is 0 Å². The van der Waals surface area contributed by atoms with Crippen molar-refractivity contribution in [3.63, 3.8) is 0 Å². The zero-order valence-corrected chi connectivity index (χ0v) is 30.8. The zero-order valence-electron chi connectivity index (χ0n) is 30.8. The van der Waals surface area contributed by atoms with Crippen LogP contribution in [0.5, 0.6) is 0 Å². The molecule has 2 aliphatic heterocycles. The zero-order chi connectivity index (χ0) is 35.3. The first-order valence-corrected chi connectivity index (χ1v) is 18.3. The summed E-state index contributed by atoms with van der Waals surface area (Å²) in [5.74, 6) is 0.289. The lowest BCUT2D eigenvalue weighted by Crippen LogP contribution is -2.49. The monoisotopic (exact) mass is 667 g/mol. The van der Waals surface area contributed by atoms with Gasteiger partial charge in [0.1, 0.15) is 0 Å². The van der Waals surface area contributed by atoms with E-state index in [1.54, 1.807) is 0 Å². The van der Waals surface area contributed by atoms with Crippen molar-refractivity contribution in [1.82, 2.24) is 4.98 Å². The highest BCUT2D eigenvalue weighted by Gasteiger charge is 2.43. The molecule has 3 aromatic carbocycles. The maximum absolute atomic E-state index is 6.93. The van der Waals surface area contributed by atoms with E-state index in [2.05, 4.69) is 143 Å². The van der Waals surface area contributed by atoms with E-state index >= 15 is 0 Å². The molecule has 7 aromatic rings. The predicted molar refractivity (Wildman–Crippen MR) is 208 cm³/mol. The lowest BCUT2D eigenvalue weighted by molar-refractivity contribution is -0.719. The highest BCUT2D eigenvalue weighted by molar-refractivity contribution is 6.09. The first kappa shape index (κ1) is 31.6. The van der Waals surface area contributed by atoms with Crippen molar-refractivity contribution < 1.29 is 13.6 Å². The smallest absolute Gasteiger partial charge is 0.227 e. The van der Waals surface area contributed by atoms with Gasteiger partial charge in [0.25, 0.3) is 0 Å². The Morgan fingerprint density at radius 3 is 2.31 bits per heavy atom. The number of aromatic nitrogens is 3. The van der Waals surface area contributed by atoms with Crippen LogP contribution in [0.4, 0.5) is 0 Å². The van der Waals surface area contributed by atoms with Crippen LogP contribution in [0.2, 0.25) is 0 Å². The second kappa shape index (κ2) is 11.6. The Morgan fingerprint density at radius 1 is 0.725 bits per heavy atom. The average Bonchev–Trinajstić information content (AvgIpc) is 3.46. The number of benzene rings is 3. The maximum Gasteiger partial charge on any atom is 0.227 e. The second-order valence-electron chi connectivity index (χ2n) is 15.3. The molecule has 0 saturated heterocycles. The van der Waals surface area contributed by atoms with Gasteiger partial charge in [0, 0.05) is 65.4 Å². The van der Waals surface area contributed by atoms with Gasteiger partial charge in [-0.3, -0.25) is 0 Å². The first-order chi connectivity index (χ1) is 24.6. The van der Waals surface area contributed by atoms with Gasteiger partial charge in [-0.05, 0) is 106 Å². The Labute approximate surface area is 300 Å². The number of aryl methyl sites for hydroxylation is 8. The highest BCUT2D eigenvalue weighted by atomic mass is 16.3. The first-order valence-electron chi connectivity index (χ1n) is 18.3. The molecule has 4 aromatic heterocycles. The molecule has 0 aliphatic carbocycles. The summed E-state index contributed by atoms with van der Waals surface area (Å²) in [5, 5.41) is 2.15. The lowest BCUT2D eigenvalue weighted by atomic mass is 9.76. The number of furan rings is 1. The number of nitrogens with zero attached hydrogens (tertiary/aromatic N) is 3. The number of allylic oxidation sites excluding steroid dienone is 1. The fourth-order valence-corrected chi connectivity index (χ4v) is 9.24. The van der Waals surface area contributed by atoms with Crippen LogP contribution < -0.4 is 9.13 Å². The van der Waals surface area contributed by atoms with Gasteiger partial charge in [-0.2, -0.15) is 9.13 Å². The van der Waals surface area contributed by atoms with E-state index in [1.807, 2.05) is 0 Å². The van der Waals surface area contributed by atoms with Gasteiger partial charge >= 0.3 is 0 Å². The minimum Gasteiger partial charge on any atom is -0.437 e. The molecule has 0 N–H and O–H groups in total. The van der Waals surface area contributed by atoms with Crippen molar-refractivity contribution in [3.8, 4) is 33.8 Å². The summed E-state index contributed by atoms with van der Waals surface area (Å²) in [6.45, 7) is 20.3. The molecule has 9 rings (SSSR count). The van der Waals surface area contributed by atoms with E-state index in [4.69, 9.17) is 16.0 Å². The van der Waals surface area contributed by atoms with Crippen LogP contribution in [-0.2, 0) is 6.42 Å². The third kappa shape index (κ3) is 4.91. The third-order valence-corrected chi connectivity index (χ3v) is 11.8. The van der Waals surface area contributed by atoms with Gasteiger partial charge in [0.15, 0.2) is 29.2 Å². The molecule has 0 radical (unpaired) electrons. The van der Waals surface area contributed by atoms with Crippen molar-refractivity contribution in [3.05, 3.63) is 142 Å². The van der Waals surface area contributed by atoms with Crippen LogP contribution in [0.25, 0.3) is 61.5 Å². The number of fused-ring (bicyclic) bond motifs is 13. The molecule has 252 valence electrons. The normalized spacial score (nSPS) is 16.7. The van der Waals surface area contributed by atoms with Gasteiger partial charge in [0.2, 0.25) is 17.1 Å². The number of hydrogen-bond donors (Lipinski definition) is 0. The summed E-state index contributed by atoms with van der Waals surface area (Å²) in [5.41, 5.74) is 21.3. The summed E-state index contributed by atoms with van der Waals surface area (Å²) in [6, 6.07) is 29.7. The molecule has 6 heterocycles. The molecule has 2 aliphatic rings. The largest absolute Gasteiger partial charge is 0.437 e. The van der Waals surface area contributed by atoms with Crippen LogP contribution in [0, 0.1) is 48.5 Å². The molecular formula is C47H45N3O+2. The minimum absolute atomic E-state index is 0.277. The van der Waals surface area contributed by atoms with Crippen LogP contribution in [0.1, 0.15) is 75.0 Å². The minimum atomic E-state index is 0.277. The standard InChI is InChI=1S/C47H45N3O/c1-26-12-15-35-38(21-26)39-24-33(8)50-32(7)20-27(2)22-43(50)45-34(14-19-41(39)49-25-31(6)30(5)23-42(35)49)13-16-36-37-17-18-40(48-47(37)51-46(36)45)44-28(3)10-9-11-29(44)4/h9-13,15-18,20-23,25,39,41H,8,14,19,24H2,1-7H3/q+2. The highest BCUT2D eigenvalue weighted by Crippen LogP contribution is 2.46. The average molecular weight is 668 g/mol. The van der Waals surface area contributed by atoms with Gasteiger partial charge in [-0.25, -0.2) is 4.98 Å². The molecule has 0 saturated carbocycles. The molecule has 2 atom stereocenters. The van der Waals surface area contributed by atoms with Gasteiger partial charge in [-0.15, -0.1) is 0 Å². The van der Waals surface area contributed by atoms with E-state index < -0.39 is 0 Å². The number of pyridine rings is 3. The molecule has 0 fully saturated rings. The summed E-state index contributed by atoms with van der Waals surface area (Å²) in [4.78, 5) is 5.16. The summed E-state index contributed by atoms with van der Waals surface area (Å²) in [6.07, 6.45) is 5.18. The van der Waals surface area contributed by atoms with Crippen molar-refractivity contribution in [2.45, 2.75) is 79.7 Å². The van der Waals surface area contributed by atoms with Gasteiger partial charge in [0.05, 0.1) is 17.2 Å². The van der Waals surface area contributed by atoms with E-state index in [0.29, 0.717) is 5.71 Å². The Bertz CT molecular complexity index is 2600. The van der Waals surface area contributed by atoms with E-state index in [1.165, 1.54) is 67.0 Å². The van der Waals surface area contributed by atoms with Crippen LogP contribution in [0.3, 0.4) is 0 Å². The van der Waals surface area contributed by atoms with Crippen LogP contribution in [-0.4, -0.2) is 4.98 Å². The number of rotatable bonds is 1. The van der Waals surface area contributed by atoms with Gasteiger partial charge in [-0.1, -0.05) is 48.0 Å². The molecule has 4 nitrogen and oxygen atoms in total. The lowest BCUT2D eigenvalue weighted by Gasteiger charge is -2.32. The summed E-state index contributed by atoms with van der Waals surface area (Å²) in [7, 11) is 0. The van der Waals surface area contributed by atoms with E-state index in [0.717, 1.165) is 58.3 Å². The van der Waals surface area contributed by atoms with Crippen molar-refractivity contribution >= 4 is 27.8 Å². The topological polar surface area (TPSA) is 33.8 Å². The third-order valence-electron chi connectivity index (χ3n) is 11.8. The molecule has 4 heteroatoms. The Balaban J connectivity index is 1.28. The van der Waals surface area contributed by atoms with Gasteiger partial charge < -0.3 is 4.42 Å². The molecule has 51 heavy (non-hydrogen) atoms. The quantitative estimate of drug-likeness (QED) is 0.163. The predicted octanol–water partition coefficient (Wildman–Crippen LogP) is 10.9. The Kier molecular flexibility index (Phi) is 7.19. The van der Waals surface area contributed by atoms with E-state index in [-0.39, 0.29) is 12.0 Å². The summed E-state index contributed by atoms with van der Waals surface area (Å²) >= 11 is 0. The van der Waals surface area contributed by atoms with Crippen molar-refractivity contribution in [2.24, 2.45) is 0 Å². The molecular weight excluding hydrogens is 623 g/mol. The maximum atomic E-state index is 6.93. The summed E-state index contributed by atoms with van der Waals surface area (Å²) < 4.78 is 11.9. The fraction of sp³-hybridized carbons (Fsp3) is 0.255. The fourth-order valence-electron chi connectivity index (χ4n) is 9.24. The Hall–Kier alpha value is -5.35. The SMILES string of the molecule is C=C1CC2c3cc(C)ccc3-c3cc(C)c(C)c[n+]3C2CCc2ccc3c(oc4nc(-c5c(C)cccc5C)ccc43)c2-c2cc(C)cc(C)[n+]21. The molecule has 0 amide bonds. The number of hydrogen-bond acceptors (Lipinski definition) is 2. The molecule has 2 unspecified atom stereocenters. The van der Waals surface area contributed by atoms with Crippen molar-refractivity contribution in [2.75, 3.05) is 0 Å².